The molecule has 5 heteroatoms. The average Bonchev–Trinajstić information content (AvgIpc) is 3.12. The van der Waals surface area contributed by atoms with E-state index in [-0.39, 0.29) is 28.4 Å². The molecule has 3 aromatic rings. The molecule has 0 bridgehead atoms. The van der Waals surface area contributed by atoms with Crippen molar-refractivity contribution in [3.05, 3.63) is 75.9 Å². The number of aryl methyl sites for hydroxylation is 1. The van der Waals surface area contributed by atoms with Crippen LogP contribution < -0.4 is 0 Å². The zero-order valence-electron chi connectivity index (χ0n) is 20.8. The van der Waals surface area contributed by atoms with Crippen LogP contribution in [0, 0.1) is 18.3 Å². The number of nitrogens with zero attached hydrogens (tertiary/aromatic N) is 3. The average molecular weight is 474 g/mol. The second-order valence-electron chi connectivity index (χ2n) is 11.7. The van der Waals surface area contributed by atoms with Crippen molar-refractivity contribution in [1.29, 1.82) is 0 Å². The van der Waals surface area contributed by atoms with E-state index in [1.54, 1.807) is 0 Å². The summed E-state index contributed by atoms with van der Waals surface area (Å²) in [4.78, 5) is 18.9. The largest absolute Gasteiger partial charge is 0.299 e. The third-order valence-electron chi connectivity index (χ3n) is 7.04. The van der Waals surface area contributed by atoms with E-state index in [0.717, 1.165) is 40.5 Å². The van der Waals surface area contributed by atoms with E-state index in [1.165, 1.54) is 5.56 Å². The number of Topliss-reactive ketones (excluding diaryl/α,β-unsaturated/α-hetero) is 1. The lowest BCUT2D eigenvalue weighted by molar-refractivity contribution is -0.124. The van der Waals surface area contributed by atoms with Crippen molar-refractivity contribution < 1.29 is 4.79 Å². The summed E-state index contributed by atoms with van der Waals surface area (Å²) in [6.45, 7) is 12.9. The van der Waals surface area contributed by atoms with Crippen LogP contribution in [0.3, 0.4) is 0 Å². The molecule has 2 heterocycles. The first-order valence-corrected chi connectivity index (χ1v) is 12.4. The summed E-state index contributed by atoms with van der Waals surface area (Å²) in [5.41, 5.74) is 5.80. The van der Waals surface area contributed by atoms with Gasteiger partial charge in [0.05, 0.1) is 22.3 Å². The van der Waals surface area contributed by atoms with Crippen LogP contribution in [0.15, 0.2) is 53.5 Å². The number of carbonyl (C=O) groups excluding carboxylic acids is 1. The predicted molar refractivity (Wildman–Crippen MR) is 139 cm³/mol. The number of fused-ring (bicyclic) bond motifs is 2. The monoisotopic (exact) mass is 473 g/mol. The molecule has 1 aliphatic heterocycles. The van der Waals surface area contributed by atoms with Crippen LogP contribution in [-0.4, -0.2) is 21.3 Å². The lowest BCUT2D eigenvalue weighted by Crippen LogP contribution is -2.42. The van der Waals surface area contributed by atoms with E-state index in [1.807, 2.05) is 28.9 Å². The minimum atomic E-state index is -0.256. The molecule has 0 saturated heterocycles. The predicted octanol–water partition coefficient (Wildman–Crippen LogP) is 7.35. The Morgan fingerprint density at radius 3 is 2.32 bits per heavy atom. The van der Waals surface area contributed by atoms with E-state index in [9.17, 15) is 4.79 Å². The number of halogens is 1. The maximum absolute atomic E-state index is 13.7. The van der Waals surface area contributed by atoms with E-state index in [0.29, 0.717) is 11.4 Å². The Kier molecular flexibility index (Phi) is 5.36. The topological polar surface area (TPSA) is 47.2 Å². The Balaban J connectivity index is 1.85. The van der Waals surface area contributed by atoms with Crippen LogP contribution >= 0.6 is 11.6 Å². The molecule has 2 aliphatic rings. The second-order valence-corrected chi connectivity index (χ2v) is 12.1. The van der Waals surface area contributed by atoms with Crippen LogP contribution in [0.1, 0.15) is 75.8 Å². The molecule has 1 fully saturated rings. The van der Waals surface area contributed by atoms with Gasteiger partial charge in [0.1, 0.15) is 5.78 Å². The van der Waals surface area contributed by atoms with Gasteiger partial charge in [-0.15, -0.1) is 0 Å². The first kappa shape index (κ1) is 23.0. The van der Waals surface area contributed by atoms with Gasteiger partial charge in [0.2, 0.25) is 0 Å². The summed E-state index contributed by atoms with van der Waals surface area (Å²) < 4.78 is 1.90. The van der Waals surface area contributed by atoms with Crippen LogP contribution in [0.2, 0.25) is 5.02 Å². The summed E-state index contributed by atoms with van der Waals surface area (Å²) in [6, 6.07) is 16.3. The molecule has 2 atom stereocenters. The SMILES string of the molecule is Cc1ccc(C2c3c(C(C)(C)C)nn(-c4ccccc4Cl)c3N=C3CC(C)(C)CC(=O)C32)cc1. The highest BCUT2D eigenvalue weighted by molar-refractivity contribution is 6.32. The van der Waals surface area contributed by atoms with Crippen molar-refractivity contribution in [2.45, 2.75) is 65.7 Å². The van der Waals surface area contributed by atoms with E-state index in [2.05, 4.69) is 65.8 Å². The van der Waals surface area contributed by atoms with E-state index in [4.69, 9.17) is 21.7 Å². The fourth-order valence-electron chi connectivity index (χ4n) is 5.51. The Hall–Kier alpha value is -2.72. The molecular formula is C29H32ClN3O. The molecule has 34 heavy (non-hydrogen) atoms. The molecule has 0 N–H and O–H groups in total. The third kappa shape index (κ3) is 3.82. The second kappa shape index (κ2) is 7.91. The molecule has 0 spiro atoms. The normalized spacial score (nSPS) is 21.6. The number of aromatic nitrogens is 2. The number of aliphatic imine (C=N–C) groups is 1. The molecule has 1 saturated carbocycles. The van der Waals surface area contributed by atoms with E-state index < -0.39 is 0 Å². The minimum Gasteiger partial charge on any atom is -0.299 e. The molecule has 5 rings (SSSR count). The first-order valence-electron chi connectivity index (χ1n) is 12.0. The van der Waals surface area contributed by atoms with Crippen molar-refractivity contribution in [2.24, 2.45) is 16.3 Å². The quantitative estimate of drug-likeness (QED) is 0.390. The zero-order valence-corrected chi connectivity index (χ0v) is 21.6. The van der Waals surface area contributed by atoms with Crippen LogP contribution in [0.5, 0.6) is 0 Å². The molecule has 0 amide bonds. The summed E-state index contributed by atoms with van der Waals surface area (Å²) in [6.07, 6.45) is 1.36. The highest BCUT2D eigenvalue weighted by atomic mass is 35.5. The van der Waals surface area contributed by atoms with Gasteiger partial charge in [0.15, 0.2) is 5.82 Å². The van der Waals surface area contributed by atoms with Gasteiger partial charge in [-0.2, -0.15) is 5.10 Å². The molecule has 176 valence electrons. The first-order chi connectivity index (χ1) is 16.0. The third-order valence-corrected chi connectivity index (χ3v) is 7.36. The molecule has 4 nitrogen and oxygen atoms in total. The number of ketones is 1. The Morgan fingerprint density at radius 2 is 1.68 bits per heavy atom. The van der Waals surface area contributed by atoms with Crippen molar-refractivity contribution in [3.63, 3.8) is 0 Å². The summed E-state index contributed by atoms with van der Waals surface area (Å²) in [5.74, 6) is 0.710. The smallest absolute Gasteiger partial charge is 0.159 e. The van der Waals surface area contributed by atoms with Crippen molar-refractivity contribution in [3.8, 4) is 5.69 Å². The molecule has 2 aromatic carbocycles. The lowest BCUT2D eigenvalue weighted by atomic mass is 9.63. The van der Waals surface area contributed by atoms with Gasteiger partial charge in [-0.25, -0.2) is 9.67 Å². The number of hydrogen-bond acceptors (Lipinski definition) is 3. The molecule has 1 aliphatic carbocycles. The van der Waals surface area contributed by atoms with Gasteiger partial charge >= 0.3 is 0 Å². The number of rotatable bonds is 2. The van der Waals surface area contributed by atoms with Crippen LogP contribution in [0.25, 0.3) is 5.69 Å². The fourth-order valence-corrected chi connectivity index (χ4v) is 5.73. The summed E-state index contributed by atoms with van der Waals surface area (Å²) in [7, 11) is 0. The Labute approximate surface area is 207 Å². The number of benzene rings is 2. The standard InChI is InChI=1S/C29H32ClN3O/c1-17-11-13-18(14-12-17)23-24-20(15-29(5,6)16-22(24)34)31-27-25(23)26(28(2,3)4)32-33(27)21-10-8-7-9-19(21)30/h7-14,23-24H,15-16H2,1-6H3. The van der Waals surface area contributed by atoms with Gasteiger partial charge in [0.25, 0.3) is 0 Å². The van der Waals surface area contributed by atoms with Gasteiger partial charge in [0, 0.05) is 29.0 Å². The maximum atomic E-state index is 13.7. The van der Waals surface area contributed by atoms with Crippen LogP contribution in [0.4, 0.5) is 5.82 Å². The van der Waals surface area contributed by atoms with Gasteiger partial charge in [-0.1, -0.05) is 88.2 Å². The van der Waals surface area contributed by atoms with Gasteiger partial charge < -0.3 is 0 Å². The highest BCUT2D eigenvalue weighted by Gasteiger charge is 2.48. The van der Waals surface area contributed by atoms with E-state index >= 15 is 0 Å². The number of para-hydroxylation sites is 1. The number of hydrogen-bond donors (Lipinski definition) is 0. The Bertz CT molecular complexity index is 1310. The number of carbonyl (C=O) groups is 1. The zero-order chi connectivity index (χ0) is 24.4. The Morgan fingerprint density at radius 1 is 1.00 bits per heavy atom. The maximum Gasteiger partial charge on any atom is 0.159 e. The lowest BCUT2D eigenvalue weighted by Gasteiger charge is -2.41. The summed E-state index contributed by atoms with van der Waals surface area (Å²) >= 11 is 6.64. The molecule has 1 aromatic heterocycles. The van der Waals surface area contributed by atoms with Crippen molar-refractivity contribution in [2.75, 3.05) is 0 Å². The summed E-state index contributed by atoms with van der Waals surface area (Å²) in [5, 5.41) is 5.75. The minimum absolute atomic E-state index is 0.107. The van der Waals surface area contributed by atoms with Crippen LogP contribution in [-0.2, 0) is 10.2 Å². The highest BCUT2D eigenvalue weighted by Crippen LogP contribution is 2.52. The molecular weight excluding hydrogens is 442 g/mol. The van der Waals surface area contributed by atoms with Crippen molar-refractivity contribution >= 4 is 28.9 Å². The fraction of sp³-hybridized carbons (Fsp3) is 0.414. The van der Waals surface area contributed by atoms with Gasteiger partial charge in [-0.3, -0.25) is 4.79 Å². The molecule has 0 radical (unpaired) electrons. The molecule has 2 unspecified atom stereocenters. The van der Waals surface area contributed by atoms with Gasteiger partial charge in [-0.05, 0) is 36.5 Å². The van der Waals surface area contributed by atoms with Crippen molar-refractivity contribution in [1.82, 2.24) is 9.78 Å².